The average molecular weight is 214 g/mol. The second kappa shape index (κ2) is 4.97. The van der Waals surface area contributed by atoms with Crippen LogP contribution in [-0.4, -0.2) is 36.5 Å². The van der Waals surface area contributed by atoms with E-state index >= 15 is 0 Å². The molecule has 0 unspecified atom stereocenters. The summed E-state index contributed by atoms with van der Waals surface area (Å²) in [6.07, 6.45) is 0. The summed E-state index contributed by atoms with van der Waals surface area (Å²) in [6, 6.07) is 0. The van der Waals surface area contributed by atoms with Crippen LogP contribution in [0.3, 0.4) is 0 Å². The fraction of sp³-hybridized carbons (Fsp3) is 0.917. The summed E-state index contributed by atoms with van der Waals surface area (Å²) < 4.78 is 0. The van der Waals surface area contributed by atoms with Crippen LogP contribution in [0.15, 0.2) is 0 Å². The van der Waals surface area contributed by atoms with Crippen molar-refractivity contribution in [3.05, 3.63) is 0 Å². The van der Waals surface area contributed by atoms with Crippen molar-refractivity contribution in [2.24, 2.45) is 5.41 Å². The van der Waals surface area contributed by atoms with E-state index in [0.29, 0.717) is 6.54 Å². The summed E-state index contributed by atoms with van der Waals surface area (Å²) >= 11 is 0. The largest absolute Gasteiger partial charge is 0.354 e. The lowest BCUT2D eigenvalue weighted by molar-refractivity contribution is -0.128. The van der Waals surface area contributed by atoms with Crippen molar-refractivity contribution in [2.45, 2.75) is 47.1 Å². The molecule has 0 fully saturated rings. The second-order valence-electron chi connectivity index (χ2n) is 6.10. The van der Waals surface area contributed by atoms with Gasteiger partial charge in [-0.15, -0.1) is 0 Å². The Bertz CT molecular complexity index is 211. The first kappa shape index (κ1) is 14.4. The Labute approximate surface area is 94.2 Å². The van der Waals surface area contributed by atoms with E-state index in [0.717, 1.165) is 6.54 Å². The van der Waals surface area contributed by atoms with Crippen LogP contribution in [0.5, 0.6) is 0 Å². The van der Waals surface area contributed by atoms with E-state index in [2.05, 4.69) is 38.0 Å². The first-order valence-electron chi connectivity index (χ1n) is 5.54. The molecule has 0 aromatic carbocycles. The van der Waals surface area contributed by atoms with E-state index in [-0.39, 0.29) is 16.9 Å². The lowest BCUT2D eigenvalue weighted by atomic mass is 9.96. The Hall–Kier alpha value is -0.570. The highest BCUT2D eigenvalue weighted by molar-refractivity contribution is 5.81. The predicted molar refractivity (Wildman–Crippen MR) is 64.8 cm³/mol. The van der Waals surface area contributed by atoms with Crippen molar-refractivity contribution in [3.8, 4) is 0 Å². The number of carbonyl (C=O) groups is 1. The summed E-state index contributed by atoms with van der Waals surface area (Å²) in [4.78, 5) is 13.8. The smallest absolute Gasteiger partial charge is 0.225 e. The molecule has 3 heteroatoms. The maximum atomic E-state index is 11.6. The van der Waals surface area contributed by atoms with Crippen LogP contribution in [-0.2, 0) is 4.79 Å². The predicted octanol–water partition coefficient (Wildman–Crippen LogP) is 1.88. The molecule has 0 aliphatic carbocycles. The van der Waals surface area contributed by atoms with Gasteiger partial charge in [0, 0.05) is 24.0 Å². The van der Waals surface area contributed by atoms with Gasteiger partial charge in [0.05, 0.1) is 0 Å². The first-order chi connectivity index (χ1) is 6.55. The minimum atomic E-state index is -0.291. The van der Waals surface area contributed by atoms with Crippen molar-refractivity contribution in [1.82, 2.24) is 10.2 Å². The Morgan fingerprint density at radius 2 is 1.60 bits per heavy atom. The monoisotopic (exact) mass is 214 g/mol. The molecule has 0 saturated carbocycles. The van der Waals surface area contributed by atoms with Gasteiger partial charge < -0.3 is 5.32 Å². The number of likely N-dealkylation sites (N-methyl/N-ethyl adjacent to an activating group) is 1. The van der Waals surface area contributed by atoms with Gasteiger partial charge in [-0.2, -0.15) is 0 Å². The van der Waals surface area contributed by atoms with Gasteiger partial charge in [0.15, 0.2) is 0 Å². The van der Waals surface area contributed by atoms with Crippen molar-refractivity contribution >= 4 is 5.91 Å². The van der Waals surface area contributed by atoms with Gasteiger partial charge in [-0.3, -0.25) is 9.69 Å². The van der Waals surface area contributed by atoms with Gasteiger partial charge in [0.1, 0.15) is 0 Å². The Morgan fingerprint density at radius 3 is 1.93 bits per heavy atom. The van der Waals surface area contributed by atoms with Crippen LogP contribution in [0.25, 0.3) is 0 Å². The van der Waals surface area contributed by atoms with Crippen LogP contribution in [0, 0.1) is 5.41 Å². The maximum absolute atomic E-state index is 11.6. The van der Waals surface area contributed by atoms with E-state index in [9.17, 15) is 4.79 Å². The zero-order valence-corrected chi connectivity index (χ0v) is 11.3. The minimum Gasteiger partial charge on any atom is -0.354 e. The van der Waals surface area contributed by atoms with Crippen molar-refractivity contribution < 1.29 is 4.79 Å². The highest BCUT2D eigenvalue weighted by atomic mass is 16.2. The lowest BCUT2D eigenvalue weighted by Gasteiger charge is -2.32. The van der Waals surface area contributed by atoms with Crippen LogP contribution < -0.4 is 5.32 Å². The SMILES string of the molecule is CN(CCNC(=O)C(C)(C)C)C(C)(C)C. The highest BCUT2D eigenvalue weighted by Crippen LogP contribution is 2.12. The van der Waals surface area contributed by atoms with Crippen LogP contribution in [0.4, 0.5) is 0 Å². The summed E-state index contributed by atoms with van der Waals surface area (Å²) in [7, 11) is 2.07. The van der Waals surface area contributed by atoms with Crippen molar-refractivity contribution in [1.29, 1.82) is 0 Å². The van der Waals surface area contributed by atoms with E-state index in [1.54, 1.807) is 0 Å². The second-order valence-corrected chi connectivity index (χ2v) is 6.10. The third kappa shape index (κ3) is 5.78. The molecule has 0 rings (SSSR count). The lowest BCUT2D eigenvalue weighted by Crippen LogP contribution is -2.44. The molecular weight excluding hydrogens is 188 g/mol. The van der Waals surface area contributed by atoms with Crippen molar-refractivity contribution in [2.75, 3.05) is 20.1 Å². The fourth-order valence-electron chi connectivity index (χ4n) is 0.938. The van der Waals surface area contributed by atoms with Gasteiger partial charge >= 0.3 is 0 Å². The normalized spacial score (nSPS) is 13.1. The zero-order chi connectivity index (χ0) is 12.3. The van der Waals surface area contributed by atoms with Crippen LogP contribution >= 0.6 is 0 Å². The molecule has 15 heavy (non-hydrogen) atoms. The molecule has 0 spiro atoms. The number of nitrogens with one attached hydrogen (secondary N) is 1. The molecule has 0 heterocycles. The zero-order valence-electron chi connectivity index (χ0n) is 11.3. The average Bonchev–Trinajstić information content (AvgIpc) is 2.00. The molecule has 0 aliphatic heterocycles. The van der Waals surface area contributed by atoms with Crippen molar-refractivity contribution in [3.63, 3.8) is 0 Å². The van der Waals surface area contributed by atoms with Gasteiger partial charge in [-0.05, 0) is 27.8 Å². The minimum absolute atomic E-state index is 0.116. The molecule has 0 aromatic heterocycles. The molecule has 0 bridgehead atoms. The van der Waals surface area contributed by atoms with E-state index in [1.165, 1.54) is 0 Å². The van der Waals surface area contributed by atoms with Gasteiger partial charge in [0.2, 0.25) is 5.91 Å². The molecule has 0 radical (unpaired) electrons. The van der Waals surface area contributed by atoms with E-state index in [4.69, 9.17) is 0 Å². The summed E-state index contributed by atoms with van der Waals surface area (Å²) in [5.41, 5.74) is -0.132. The Balaban J connectivity index is 3.87. The number of amides is 1. The molecular formula is C12H26N2O. The van der Waals surface area contributed by atoms with Gasteiger partial charge in [0.25, 0.3) is 0 Å². The van der Waals surface area contributed by atoms with Crippen LogP contribution in [0.1, 0.15) is 41.5 Å². The topological polar surface area (TPSA) is 32.3 Å². The summed E-state index contributed by atoms with van der Waals surface area (Å²) in [5, 5.41) is 2.94. The maximum Gasteiger partial charge on any atom is 0.225 e. The third-order valence-corrected chi connectivity index (χ3v) is 2.56. The molecule has 90 valence electrons. The van der Waals surface area contributed by atoms with E-state index < -0.39 is 0 Å². The number of hydrogen-bond donors (Lipinski definition) is 1. The fourth-order valence-corrected chi connectivity index (χ4v) is 0.938. The quantitative estimate of drug-likeness (QED) is 0.778. The molecule has 0 aromatic rings. The number of hydrogen-bond acceptors (Lipinski definition) is 2. The molecule has 0 atom stereocenters. The summed E-state index contributed by atoms with van der Waals surface area (Å²) in [6.45, 7) is 13.9. The standard InChI is InChI=1S/C12H26N2O/c1-11(2,3)10(15)13-8-9-14(7)12(4,5)6/h8-9H2,1-7H3,(H,13,15). The molecule has 1 N–H and O–H groups in total. The molecule has 3 nitrogen and oxygen atoms in total. The summed E-state index contributed by atoms with van der Waals surface area (Å²) in [5.74, 6) is 0.116. The van der Waals surface area contributed by atoms with Crippen LogP contribution in [0.2, 0.25) is 0 Å². The Kier molecular flexibility index (Phi) is 4.78. The third-order valence-electron chi connectivity index (χ3n) is 2.56. The number of nitrogens with zero attached hydrogens (tertiary/aromatic N) is 1. The van der Waals surface area contributed by atoms with Gasteiger partial charge in [-0.25, -0.2) is 0 Å². The highest BCUT2D eigenvalue weighted by Gasteiger charge is 2.21. The van der Waals surface area contributed by atoms with E-state index in [1.807, 2.05) is 20.8 Å². The molecule has 0 aliphatic rings. The number of carbonyl (C=O) groups excluding carboxylic acids is 1. The Morgan fingerprint density at radius 1 is 1.13 bits per heavy atom. The molecule has 1 amide bonds. The molecule has 0 saturated heterocycles. The van der Waals surface area contributed by atoms with Gasteiger partial charge in [-0.1, -0.05) is 20.8 Å². The number of rotatable bonds is 3. The first-order valence-corrected chi connectivity index (χ1v) is 5.54.